The third-order valence-electron chi connectivity index (χ3n) is 3.29. The molecular formula is C15H12ClNO3. The Labute approximate surface area is 121 Å². The third kappa shape index (κ3) is 2.34. The van der Waals surface area contributed by atoms with Gasteiger partial charge >= 0.3 is 5.97 Å². The lowest BCUT2D eigenvalue weighted by molar-refractivity contribution is 0.0693. The van der Waals surface area contributed by atoms with Gasteiger partial charge in [-0.05, 0) is 43.0 Å². The minimum atomic E-state index is -1.05. The molecule has 1 N–H and O–H groups in total. The van der Waals surface area contributed by atoms with E-state index in [0.29, 0.717) is 10.8 Å². The summed E-state index contributed by atoms with van der Waals surface area (Å²) in [5, 5.41) is 9.71. The first kappa shape index (κ1) is 12.9. The molecule has 0 spiro atoms. The van der Waals surface area contributed by atoms with Crippen molar-refractivity contribution >= 4 is 17.6 Å². The predicted molar refractivity (Wildman–Crippen MR) is 74.7 cm³/mol. The summed E-state index contributed by atoms with van der Waals surface area (Å²) >= 11 is 6.02. The number of aromatic carboxylic acids is 1. The molecule has 0 aliphatic heterocycles. The number of ether oxygens (including phenoxy) is 1. The average molecular weight is 290 g/mol. The van der Waals surface area contributed by atoms with Gasteiger partial charge in [0.05, 0.1) is 5.02 Å². The Kier molecular flexibility index (Phi) is 3.32. The van der Waals surface area contributed by atoms with Crippen LogP contribution in [0.1, 0.15) is 28.0 Å². The second-order valence-electron chi connectivity index (χ2n) is 4.64. The summed E-state index contributed by atoms with van der Waals surface area (Å²) < 4.78 is 5.60. The molecule has 20 heavy (non-hydrogen) atoms. The van der Waals surface area contributed by atoms with Crippen molar-refractivity contribution in [2.75, 3.05) is 0 Å². The molecule has 0 fully saturated rings. The molecule has 5 heteroatoms. The van der Waals surface area contributed by atoms with Gasteiger partial charge in [0.25, 0.3) is 0 Å². The van der Waals surface area contributed by atoms with Crippen LogP contribution in [0.15, 0.2) is 30.3 Å². The Morgan fingerprint density at radius 3 is 2.85 bits per heavy atom. The monoisotopic (exact) mass is 289 g/mol. The van der Waals surface area contributed by atoms with Crippen LogP contribution in [0.5, 0.6) is 11.6 Å². The van der Waals surface area contributed by atoms with E-state index in [1.807, 2.05) is 0 Å². The first-order valence-corrected chi connectivity index (χ1v) is 6.71. The summed E-state index contributed by atoms with van der Waals surface area (Å²) in [6.45, 7) is 0. The van der Waals surface area contributed by atoms with Gasteiger partial charge in [-0.3, -0.25) is 0 Å². The lowest BCUT2D eigenvalue weighted by Crippen LogP contribution is -2.05. The molecule has 0 saturated carbocycles. The second-order valence-corrected chi connectivity index (χ2v) is 5.05. The molecule has 0 radical (unpaired) electrons. The molecule has 0 bridgehead atoms. The van der Waals surface area contributed by atoms with Crippen molar-refractivity contribution in [3.05, 3.63) is 52.2 Å². The molecule has 1 heterocycles. The highest BCUT2D eigenvalue weighted by atomic mass is 35.5. The van der Waals surface area contributed by atoms with Crippen LogP contribution in [0, 0.1) is 0 Å². The molecule has 102 valence electrons. The van der Waals surface area contributed by atoms with Crippen LogP contribution in [0.3, 0.4) is 0 Å². The molecule has 4 nitrogen and oxygen atoms in total. The van der Waals surface area contributed by atoms with Gasteiger partial charge in [-0.15, -0.1) is 0 Å². The summed E-state index contributed by atoms with van der Waals surface area (Å²) in [6.07, 6.45) is 2.72. The van der Waals surface area contributed by atoms with Crippen molar-refractivity contribution in [3.8, 4) is 11.6 Å². The topological polar surface area (TPSA) is 59.4 Å². The maximum absolute atomic E-state index is 11.3. The van der Waals surface area contributed by atoms with E-state index in [1.54, 1.807) is 30.3 Å². The van der Waals surface area contributed by atoms with Crippen LogP contribution in [-0.2, 0) is 12.8 Å². The van der Waals surface area contributed by atoms with Gasteiger partial charge in [-0.2, -0.15) is 0 Å². The second kappa shape index (κ2) is 5.13. The number of carboxylic acid groups (broad SMARTS) is 1. The Hall–Kier alpha value is -2.07. The zero-order valence-corrected chi connectivity index (χ0v) is 11.4. The maximum Gasteiger partial charge on any atom is 0.341 e. The number of rotatable bonds is 3. The molecule has 1 aliphatic carbocycles. The van der Waals surface area contributed by atoms with E-state index in [2.05, 4.69) is 4.98 Å². The van der Waals surface area contributed by atoms with E-state index in [1.165, 1.54) is 0 Å². The van der Waals surface area contributed by atoms with Gasteiger partial charge in [0, 0.05) is 5.69 Å². The highest BCUT2D eigenvalue weighted by molar-refractivity contribution is 6.32. The first-order valence-electron chi connectivity index (χ1n) is 6.33. The zero-order chi connectivity index (χ0) is 14.1. The standard InChI is InChI=1S/C15H12ClNO3/c16-11-5-1-2-7-13(11)20-14-10(15(18)19)8-9-4-3-6-12(9)17-14/h1-2,5,7-8H,3-4,6H2,(H,18,19). The number of aromatic nitrogens is 1. The normalized spacial score (nSPS) is 13.1. The summed E-state index contributed by atoms with van der Waals surface area (Å²) in [4.78, 5) is 15.7. The van der Waals surface area contributed by atoms with Crippen molar-refractivity contribution in [1.82, 2.24) is 4.98 Å². The van der Waals surface area contributed by atoms with Crippen molar-refractivity contribution in [2.45, 2.75) is 19.3 Å². The average Bonchev–Trinajstić information content (AvgIpc) is 2.87. The molecule has 0 unspecified atom stereocenters. The third-order valence-corrected chi connectivity index (χ3v) is 3.60. The fraction of sp³-hybridized carbons (Fsp3) is 0.200. The Morgan fingerprint density at radius 1 is 1.30 bits per heavy atom. The van der Waals surface area contributed by atoms with Gasteiger partial charge in [0.15, 0.2) is 0 Å². The van der Waals surface area contributed by atoms with E-state index in [-0.39, 0.29) is 11.4 Å². The van der Waals surface area contributed by atoms with Crippen molar-refractivity contribution < 1.29 is 14.6 Å². The number of halogens is 1. The first-order chi connectivity index (χ1) is 9.65. The molecule has 0 amide bonds. The minimum Gasteiger partial charge on any atom is -0.477 e. The molecular weight excluding hydrogens is 278 g/mol. The van der Waals surface area contributed by atoms with Crippen LogP contribution in [0.4, 0.5) is 0 Å². The summed E-state index contributed by atoms with van der Waals surface area (Å²) in [5.41, 5.74) is 1.98. The van der Waals surface area contributed by atoms with Crippen molar-refractivity contribution in [1.29, 1.82) is 0 Å². The number of hydrogen-bond acceptors (Lipinski definition) is 3. The predicted octanol–water partition coefficient (Wildman–Crippen LogP) is 3.71. The van der Waals surface area contributed by atoms with E-state index < -0.39 is 5.97 Å². The van der Waals surface area contributed by atoms with Gasteiger partial charge in [-0.25, -0.2) is 9.78 Å². The van der Waals surface area contributed by atoms with Crippen LogP contribution >= 0.6 is 11.6 Å². The molecule has 2 aromatic rings. The Bertz CT molecular complexity index is 685. The van der Waals surface area contributed by atoms with Crippen LogP contribution in [-0.4, -0.2) is 16.1 Å². The van der Waals surface area contributed by atoms with Crippen LogP contribution in [0.25, 0.3) is 0 Å². The summed E-state index contributed by atoms with van der Waals surface area (Å²) in [6, 6.07) is 8.58. The summed E-state index contributed by atoms with van der Waals surface area (Å²) in [7, 11) is 0. The highest BCUT2D eigenvalue weighted by Crippen LogP contribution is 2.32. The molecule has 1 aromatic carbocycles. The molecule has 1 aromatic heterocycles. The Morgan fingerprint density at radius 2 is 2.10 bits per heavy atom. The van der Waals surface area contributed by atoms with Gasteiger partial charge in [0.2, 0.25) is 5.88 Å². The minimum absolute atomic E-state index is 0.0746. The van der Waals surface area contributed by atoms with Crippen molar-refractivity contribution in [2.24, 2.45) is 0 Å². The largest absolute Gasteiger partial charge is 0.477 e. The van der Waals surface area contributed by atoms with Crippen molar-refractivity contribution in [3.63, 3.8) is 0 Å². The lowest BCUT2D eigenvalue weighted by Gasteiger charge is -2.11. The zero-order valence-electron chi connectivity index (χ0n) is 10.6. The maximum atomic E-state index is 11.3. The number of nitrogens with zero attached hydrogens (tertiary/aromatic N) is 1. The SMILES string of the molecule is O=C(O)c1cc2c(nc1Oc1ccccc1Cl)CCC2. The molecule has 0 atom stereocenters. The van der Waals surface area contributed by atoms with E-state index in [4.69, 9.17) is 16.3 Å². The smallest absolute Gasteiger partial charge is 0.341 e. The van der Waals surface area contributed by atoms with Crippen LogP contribution < -0.4 is 4.74 Å². The highest BCUT2D eigenvalue weighted by Gasteiger charge is 2.21. The van der Waals surface area contributed by atoms with Gasteiger partial charge in [-0.1, -0.05) is 23.7 Å². The molecule has 3 rings (SSSR count). The van der Waals surface area contributed by atoms with E-state index >= 15 is 0 Å². The van der Waals surface area contributed by atoms with Gasteiger partial charge in [0.1, 0.15) is 11.3 Å². The number of aryl methyl sites for hydroxylation is 2. The number of fused-ring (bicyclic) bond motifs is 1. The number of pyridine rings is 1. The number of carboxylic acids is 1. The molecule has 1 aliphatic rings. The number of para-hydroxylation sites is 1. The number of benzene rings is 1. The molecule has 0 saturated heterocycles. The fourth-order valence-electron chi connectivity index (χ4n) is 2.32. The van der Waals surface area contributed by atoms with Gasteiger partial charge < -0.3 is 9.84 Å². The number of carbonyl (C=O) groups is 1. The lowest BCUT2D eigenvalue weighted by atomic mass is 10.1. The van der Waals surface area contributed by atoms with E-state index in [9.17, 15) is 9.90 Å². The fourth-order valence-corrected chi connectivity index (χ4v) is 2.49. The summed E-state index contributed by atoms with van der Waals surface area (Å²) in [5.74, 6) is -0.539. The quantitative estimate of drug-likeness (QED) is 0.935. The van der Waals surface area contributed by atoms with Crippen LogP contribution in [0.2, 0.25) is 5.02 Å². The number of hydrogen-bond donors (Lipinski definition) is 1. The Balaban J connectivity index is 2.04. The van der Waals surface area contributed by atoms with E-state index in [0.717, 1.165) is 30.5 Å².